The minimum atomic E-state index is -0.284. The number of carbonyl (C=O) groups is 2. The highest BCUT2D eigenvalue weighted by Crippen LogP contribution is 2.23. The number of halogens is 1. The van der Waals surface area contributed by atoms with Crippen molar-refractivity contribution in [3.8, 4) is 0 Å². The molecule has 0 spiro atoms. The smallest absolute Gasteiger partial charge is 0.310 e. The highest BCUT2D eigenvalue weighted by molar-refractivity contribution is 14.1. The van der Waals surface area contributed by atoms with E-state index in [2.05, 4.69) is 37.0 Å². The topological polar surface area (TPSA) is 68.4 Å². The summed E-state index contributed by atoms with van der Waals surface area (Å²) in [7, 11) is 2.73. The standard InChI is InChI=1S/C12H16INO4/c1-7-9(6-11(16)18-3)8(12(13)14-7)4-5-10(15)17-2/h14H,4-6H2,1-3H3. The number of nitrogens with one attached hydrogen (secondary N) is 1. The molecule has 0 unspecified atom stereocenters. The monoisotopic (exact) mass is 365 g/mol. The first-order valence-electron chi connectivity index (χ1n) is 5.49. The average Bonchev–Trinajstić information content (AvgIpc) is 2.61. The van der Waals surface area contributed by atoms with Gasteiger partial charge in [-0.1, -0.05) is 0 Å². The van der Waals surface area contributed by atoms with E-state index in [-0.39, 0.29) is 18.4 Å². The number of aryl methyl sites for hydroxylation is 1. The van der Waals surface area contributed by atoms with Crippen LogP contribution in [0.5, 0.6) is 0 Å². The van der Waals surface area contributed by atoms with Crippen molar-refractivity contribution in [2.75, 3.05) is 14.2 Å². The van der Waals surface area contributed by atoms with Crippen LogP contribution in [0.2, 0.25) is 0 Å². The van der Waals surface area contributed by atoms with Crippen molar-refractivity contribution in [3.63, 3.8) is 0 Å². The van der Waals surface area contributed by atoms with Crippen molar-refractivity contribution in [1.82, 2.24) is 4.98 Å². The number of methoxy groups -OCH3 is 2. The molecule has 0 saturated heterocycles. The minimum Gasteiger partial charge on any atom is -0.469 e. The first kappa shape index (κ1) is 15.0. The van der Waals surface area contributed by atoms with Crippen LogP contribution in [0.15, 0.2) is 0 Å². The Bertz CT molecular complexity index is 453. The van der Waals surface area contributed by atoms with E-state index in [4.69, 9.17) is 0 Å². The Balaban J connectivity index is 2.88. The lowest BCUT2D eigenvalue weighted by Gasteiger charge is -2.05. The van der Waals surface area contributed by atoms with Crippen LogP contribution < -0.4 is 0 Å². The van der Waals surface area contributed by atoms with Crippen LogP contribution in [0.3, 0.4) is 0 Å². The molecule has 0 bridgehead atoms. The normalized spacial score (nSPS) is 10.2. The Morgan fingerprint density at radius 1 is 1.17 bits per heavy atom. The summed E-state index contributed by atoms with van der Waals surface area (Å²) in [6.07, 6.45) is 1.08. The third-order valence-electron chi connectivity index (χ3n) is 2.73. The molecule has 1 aromatic heterocycles. The van der Waals surface area contributed by atoms with E-state index in [0.717, 1.165) is 20.5 Å². The van der Waals surface area contributed by atoms with Gasteiger partial charge in [0.1, 0.15) is 0 Å². The number of esters is 2. The molecule has 0 amide bonds. The van der Waals surface area contributed by atoms with E-state index in [0.29, 0.717) is 12.8 Å². The van der Waals surface area contributed by atoms with Crippen LogP contribution in [-0.2, 0) is 31.9 Å². The molecule has 0 aliphatic rings. The zero-order chi connectivity index (χ0) is 13.7. The largest absolute Gasteiger partial charge is 0.469 e. The number of H-pyrrole nitrogens is 1. The van der Waals surface area contributed by atoms with Crippen molar-refractivity contribution in [2.24, 2.45) is 0 Å². The lowest BCUT2D eigenvalue weighted by atomic mass is 10.0. The van der Waals surface area contributed by atoms with E-state index < -0.39 is 0 Å². The first-order valence-corrected chi connectivity index (χ1v) is 6.56. The van der Waals surface area contributed by atoms with Crippen LogP contribution in [0.4, 0.5) is 0 Å². The number of aromatic amines is 1. The fraction of sp³-hybridized carbons (Fsp3) is 0.500. The second kappa shape index (κ2) is 6.77. The lowest BCUT2D eigenvalue weighted by Crippen LogP contribution is -2.08. The Hall–Kier alpha value is -1.05. The molecule has 1 heterocycles. The maximum Gasteiger partial charge on any atom is 0.310 e. The molecule has 5 nitrogen and oxygen atoms in total. The molecule has 0 atom stereocenters. The van der Waals surface area contributed by atoms with Gasteiger partial charge in [0.2, 0.25) is 0 Å². The number of rotatable bonds is 5. The maximum atomic E-state index is 11.4. The molecule has 0 fully saturated rings. The summed E-state index contributed by atoms with van der Waals surface area (Å²) in [6, 6.07) is 0. The predicted octanol–water partition coefficient (Wildman–Crippen LogP) is 1.75. The predicted molar refractivity (Wildman–Crippen MR) is 74.3 cm³/mol. The minimum absolute atomic E-state index is 0.221. The Labute approximate surface area is 119 Å². The fourth-order valence-electron chi connectivity index (χ4n) is 1.72. The highest BCUT2D eigenvalue weighted by atomic mass is 127. The molecular weight excluding hydrogens is 349 g/mol. The summed E-state index contributed by atoms with van der Waals surface area (Å²) in [5, 5.41) is 0. The van der Waals surface area contributed by atoms with Gasteiger partial charge in [-0.3, -0.25) is 9.59 Å². The molecule has 0 saturated carbocycles. The summed E-state index contributed by atoms with van der Waals surface area (Å²) < 4.78 is 10.2. The van der Waals surface area contributed by atoms with E-state index in [9.17, 15) is 9.59 Å². The van der Waals surface area contributed by atoms with Gasteiger partial charge in [0.25, 0.3) is 0 Å². The van der Waals surface area contributed by atoms with Crippen molar-refractivity contribution in [1.29, 1.82) is 0 Å². The van der Waals surface area contributed by atoms with Crippen molar-refractivity contribution in [3.05, 3.63) is 20.5 Å². The second-order valence-corrected chi connectivity index (χ2v) is 4.93. The van der Waals surface area contributed by atoms with Crippen LogP contribution in [0, 0.1) is 10.6 Å². The Morgan fingerprint density at radius 2 is 1.78 bits per heavy atom. The maximum absolute atomic E-state index is 11.4. The second-order valence-electron chi connectivity index (χ2n) is 3.85. The van der Waals surface area contributed by atoms with Crippen molar-refractivity contribution in [2.45, 2.75) is 26.2 Å². The number of ether oxygens (including phenoxy) is 2. The Morgan fingerprint density at radius 3 is 2.33 bits per heavy atom. The lowest BCUT2D eigenvalue weighted by molar-refractivity contribution is -0.140. The molecule has 0 aliphatic carbocycles. The molecule has 1 aromatic rings. The van der Waals surface area contributed by atoms with Crippen molar-refractivity contribution < 1.29 is 19.1 Å². The van der Waals surface area contributed by atoms with Gasteiger partial charge in [-0.2, -0.15) is 0 Å². The molecule has 0 aliphatic heterocycles. The molecular formula is C12H16INO4. The number of carbonyl (C=O) groups excluding carboxylic acids is 2. The van der Waals surface area contributed by atoms with Gasteiger partial charge in [-0.15, -0.1) is 0 Å². The highest BCUT2D eigenvalue weighted by Gasteiger charge is 2.17. The quantitative estimate of drug-likeness (QED) is 0.638. The van der Waals surface area contributed by atoms with Crippen LogP contribution >= 0.6 is 22.6 Å². The van der Waals surface area contributed by atoms with Gasteiger partial charge in [-0.05, 0) is 47.1 Å². The van der Waals surface area contributed by atoms with Gasteiger partial charge < -0.3 is 14.5 Å². The molecule has 0 aromatic carbocycles. The van der Waals surface area contributed by atoms with Crippen LogP contribution in [0.1, 0.15) is 23.2 Å². The zero-order valence-electron chi connectivity index (χ0n) is 10.6. The third kappa shape index (κ3) is 3.72. The molecule has 0 radical (unpaired) electrons. The summed E-state index contributed by atoms with van der Waals surface area (Å²) in [4.78, 5) is 25.7. The van der Waals surface area contributed by atoms with E-state index in [1.54, 1.807) is 0 Å². The van der Waals surface area contributed by atoms with Crippen LogP contribution in [-0.4, -0.2) is 31.1 Å². The van der Waals surface area contributed by atoms with E-state index in [1.165, 1.54) is 14.2 Å². The molecule has 100 valence electrons. The SMILES string of the molecule is COC(=O)CCc1c(I)[nH]c(C)c1CC(=O)OC. The molecule has 1 N–H and O–H groups in total. The number of aromatic nitrogens is 1. The average molecular weight is 365 g/mol. The molecule has 1 rings (SSSR count). The number of hydrogen-bond donors (Lipinski definition) is 1. The first-order chi connectivity index (χ1) is 8.49. The molecule has 18 heavy (non-hydrogen) atoms. The summed E-state index contributed by atoms with van der Waals surface area (Å²) in [5.41, 5.74) is 2.84. The van der Waals surface area contributed by atoms with E-state index >= 15 is 0 Å². The Kier molecular flexibility index (Phi) is 5.64. The van der Waals surface area contributed by atoms with Gasteiger partial charge in [0.15, 0.2) is 0 Å². The number of hydrogen-bond acceptors (Lipinski definition) is 4. The zero-order valence-corrected chi connectivity index (χ0v) is 12.8. The van der Waals surface area contributed by atoms with Gasteiger partial charge in [0, 0.05) is 12.1 Å². The van der Waals surface area contributed by atoms with Crippen molar-refractivity contribution >= 4 is 34.5 Å². The van der Waals surface area contributed by atoms with Gasteiger partial charge in [0.05, 0.1) is 24.3 Å². The molecule has 6 heteroatoms. The summed E-state index contributed by atoms with van der Waals surface area (Å²) >= 11 is 2.16. The fourth-order valence-corrected chi connectivity index (χ4v) is 2.72. The van der Waals surface area contributed by atoms with E-state index in [1.807, 2.05) is 6.92 Å². The van der Waals surface area contributed by atoms with Gasteiger partial charge >= 0.3 is 11.9 Å². The summed E-state index contributed by atoms with van der Waals surface area (Å²) in [5.74, 6) is -0.540. The van der Waals surface area contributed by atoms with Gasteiger partial charge in [-0.25, -0.2) is 0 Å². The van der Waals surface area contributed by atoms with Crippen LogP contribution in [0.25, 0.3) is 0 Å². The summed E-state index contributed by atoms with van der Waals surface area (Å²) in [6.45, 7) is 1.90. The third-order valence-corrected chi connectivity index (χ3v) is 3.66.